The van der Waals surface area contributed by atoms with Crippen molar-refractivity contribution in [3.8, 4) is 11.5 Å². The van der Waals surface area contributed by atoms with E-state index >= 15 is 0 Å². The Morgan fingerprint density at radius 1 is 1.05 bits per heavy atom. The first-order valence-electron chi connectivity index (χ1n) is 6.10. The van der Waals surface area contributed by atoms with Crippen LogP contribution in [0.25, 0.3) is 0 Å². The molecule has 110 valence electrons. The van der Waals surface area contributed by atoms with Gasteiger partial charge >= 0.3 is 5.97 Å². The van der Waals surface area contributed by atoms with Gasteiger partial charge in [-0.15, -0.1) is 0 Å². The average molecular weight is 311 g/mol. The number of ether oxygens (including phenoxy) is 2. The van der Waals surface area contributed by atoms with Crippen molar-refractivity contribution < 1.29 is 23.8 Å². The van der Waals surface area contributed by atoms with Crippen LogP contribution in [0.2, 0.25) is 5.02 Å². The van der Waals surface area contributed by atoms with Gasteiger partial charge in [0.1, 0.15) is 30.5 Å². The van der Waals surface area contributed by atoms with Crippen molar-refractivity contribution in [2.24, 2.45) is 0 Å². The van der Waals surface area contributed by atoms with Crippen molar-refractivity contribution in [1.29, 1.82) is 0 Å². The summed E-state index contributed by atoms with van der Waals surface area (Å²) in [6.07, 6.45) is 0. The summed E-state index contributed by atoms with van der Waals surface area (Å²) in [5.41, 5.74) is -0.389. The predicted molar refractivity (Wildman–Crippen MR) is 75.8 cm³/mol. The lowest BCUT2D eigenvalue weighted by Crippen LogP contribution is -2.09. The second kappa shape index (κ2) is 6.95. The Morgan fingerprint density at radius 3 is 2.19 bits per heavy atom. The van der Waals surface area contributed by atoms with E-state index in [1.807, 2.05) is 0 Å². The smallest absolute Gasteiger partial charge is 0.338 e. The molecule has 21 heavy (non-hydrogen) atoms. The van der Waals surface area contributed by atoms with E-state index in [0.717, 1.165) is 12.1 Å². The van der Waals surface area contributed by atoms with Crippen molar-refractivity contribution in [3.63, 3.8) is 0 Å². The lowest BCUT2D eigenvalue weighted by atomic mass is 10.2. The van der Waals surface area contributed by atoms with Gasteiger partial charge in [0.25, 0.3) is 0 Å². The predicted octanol–water partition coefficient (Wildman–Crippen LogP) is 3.64. The first-order valence-corrected chi connectivity index (χ1v) is 6.48. The van der Waals surface area contributed by atoms with Crippen LogP contribution in [0.15, 0.2) is 42.5 Å². The minimum absolute atomic E-state index is 0.203. The van der Waals surface area contributed by atoms with E-state index in [2.05, 4.69) is 0 Å². The summed E-state index contributed by atoms with van der Waals surface area (Å²) in [5, 5.41) is 9.32. The quantitative estimate of drug-likeness (QED) is 0.828. The molecule has 0 spiro atoms. The number of hydrogen-bond acceptors (Lipinski definition) is 3. The third kappa shape index (κ3) is 4.36. The molecule has 1 N–H and O–H groups in total. The minimum atomic E-state index is -1.31. The Kier molecular flexibility index (Phi) is 5.00. The van der Waals surface area contributed by atoms with Crippen molar-refractivity contribution >= 4 is 17.6 Å². The third-order valence-electron chi connectivity index (χ3n) is 2.61. The summed E-state index contributed by atoms with van der Waals surface area (Å²) in [5.74, 6) is -1.25. The molecule has 0 aliphatic heterocycles. The second-order valence-corrected chi connectivity index (χ2v) is 4.53. The van der Waals surface area contributed by atoms with Gasteiger partial charge in [-0.05, 0) is 36.4 Å². The van der Waals surface area contributed by atoms with Crippen LogP contribution >= 0.6 is 11.6 Å². The SMILES string of the molecule is O=C(O)c1ccc(OCCOc2ccc(Cl)cc2)cc1F. The van der Waals surface area contributed by atoms with Crippen molar-refractivity contribution in [3.05, 3.63) is 58.9 Å². The van der Waals surface area contributed by atoms with Crippen LogP contribution in [-0.4, -0.2) is 24.3 Å². The molecule has 0 aromatic heterocycles. The van der Waals surface area contributed by atoms with Crippen LogP contribution in [0.4, 0.5) is 4.39 Å². The van der Waals surface area contributed by atoms with Crippen LogP contribution < -0.4 is 9.47 Å². The molecule has 0 bridgehead atoms. The molecule has 2 aromatic rings. The maximum absolute atomic E-state index is 13.4. The highest BCUT2D eigenvalue weighted by Crippen LogP contribution is 2.17. The Morgan fingerprint density at radius 2 is 1.62 bits per heavy atom. The Hall–Kier alpha value is -2.27. The first kappa shape index (κ1) is 15.1. The van der Waals surface area contributed by atoms with Gasteiger partial charge in [-0.25, -0.2) is 9.18 Å². The fourth-order valence-electron chi connectivity index (χ4n) is 1.61. The maximum atomic E-state index is 13.4. The number of benzene rings is 2. The summed E-state index contributed by atoms with van der Waals surface area (Å²) in [6, 6.07) is 10.5. The van der Waals surface area contributed by atoms with Crippen molar-refractivity contribution in [2.75, 3.05) is 13.2 Å². The molecule has 2 aromatic carbocycles. The normalized spacial score (nSPS) is 10.2. The first-order chi connectivity index (χ1) is 10.1. The van der Waals surface area contributed by atoms with Gasteiger partial charge in [-0.2, -0.15) is 0 Å². The maximum Gasteiger partial charge on any atom is 0.338 e. The molecule has 0 saturated carbocycles. The molecule has 0 heterocycles. The molecule has 0 amide bonds. The summed E-state index contributed by atoms with van der Waals surface area (Å²) in [4.78, 5) is 10.7. The molecule has 0 aliphatic carbocycles. The number of carboxylic acid groups (broad SMARTS) is 1. The van der Waals surface area contributed by atoms with Gasteiger partial charge in [0.15, 0.2) is 0 Å². The van der Waals surface area contributed by atoms with Crippen LogP contribution in [0.3, 0.4) is 0 Å². The number of carboxylic acids is 1. The molecule has 0 atom stereocenters. The average Bonchev–Trinajstić information content (AvgIpc) is 2.45. The Bertz CT molecular complexity index is 628. The lowest BCUT2D eigenvalue weighted by molar-refractivity contribution is 0.0692. The minimum Gasteiger partial charge on any atom is -0.490 e. The third-order valence-corrected chi connectivity index (χ3v) is 2.86. The molecule has 0 aliphatic rings. The van der Waals surface area contributed by atoms with Gasteiger partial charge in [-0.1, -0.05) is 11.6 Å². The Labute approximate surface area is 125 Å². The fourth-order valence-corrected chi connectivity index (χ4v) is 1.73. The van der Waals surface area contributed by atoms with E-state index in [-0.39, 0.29) is 24.5 Å². The van der Waals surface area contributed by atoms with Crippen molar-refractivity contribution in [1.82, 2.24) is 0 Å². The van der Waals surface area contributed by atoms with Gasteiger partial charge in [0, 0.05) is 11.1 Å². The van der Waals surface area contributed by atoms with E-state index in [0.29, 0.717) is 10.8 Å². The molecule has 0 saturated heterocycles. The summed E-state index contributed by atoms with van der Waals surface area (Å²) >= 11 is 5.75. The number of aromatic carboxylic acids is 1. The molecule has 6 heteroatoms. The summed E-state index contributed by atoms with van der Waals surface area (Å²) in [6.45, 7) is 0.471. The zero-order valence-corrected chi connectivity index (χ0v) is 11.6. The van der Waals surface area contributed by atoms with E-state index in [9.17, 15) is 9.18 Å². The van der Waals surface area contributed by atoms with Crippen LogP contribution in [0.5, 0.6) is 11.5 Å². The largest absolute Gasteiger partial charge is 0.490 e. The molecular weight excluding hydrogens is 299 g/mol. The highest BCUT2D eigenvalue weighted by atomic mass is 35.5. The van der Waals surface area contributed by atoms with Crippen LogP contribution in [0.1, 0.15) is 10.4 Å². The van der Waals surface area contributed by atoms with E-state index < -0.39 is 11.8 Å². The molecule has 0 unspecified atom stereocenters. The number of hydrogen-bond donors (Lipinski definition) is 1. The monoisotopic (exact) mass is 310 g/mol. The van der Waals surface area contributed by atoms with Gasteiger partial charge in [-0.3, -0.25) is 0 Å². The zero-order chi connectivity index (χ0) is 15.2. The molecule has 4 nitrogen and oxygen atoms in total. The lowest BCUT2D eigenvalue weighted by Gasteiger charge is -2.09. The fraction of sp³-hybridized carbons (Fsp3) is 0.133. The summed E-state index contributed by atoms with van der Waals surface area (Å²) in [7, 11) is 0. The molecule has 0 radical (unpaired) electrons. The molecular formula is C15H12ClFO4. The molecule has 2 rings (SSSR count). The van der Waals surface area contributed by atoms with E-state index in [1.54, 1.807) is 24.3 Å². The van der Waals surface area contributed by atoms with Crippen molar-refractivity contribution in [2.45, 2.75) is 0 Å². The topological polar surface area (TPSA) is 55.8 Å². The van der Waals surface area contributed by atoms with Crippen LogP contribution in [0, 0.1) is 5.82 Å². The number of rotatable bonds is 6. The standard InChI is InChI=1S/C15H12ClFO4/c16-10-1-3-11(4-2-10)20-7-8-21-12-5-6-13(15(18)19)14(17)9-12/h1-6,9H,7-8H2,(H,18,19). The van der Waals surface area contributed by atoms with Gasteiger partial charge in [0.2, 0.25) is 0 Å². The van der Waals surface area contributed by atoms with Crippen LogP contribution in [-0.2, 0) is 0 Å². The second-order valence-electron chi connectivity index (χ2n) is 4.10. The highest BCUT2D eigenvalue weighted by Gasteiger charge is 2.10. The highest BCUT2D eigenvalue weighted by molar-refractivity contribution is 6.30. The number of halogens is 2. The van der Waals surface area contributed by atoms with Gasteiger partial charge in [0.05, 0.1) is 5.56 Å². The number of carbonyl (C=O) groups is 1. The Balaban J connectivity index is 1.82. The molecule has 0 fully saturated rings. The van der Waals surface area contributed by atoms with Gasteiger partial charge < -0.3 is 14.6 Å². The zero-order valence-electron chi connectivity index (χ0n) is 10.9. The summed E-state index contributed by atoms with van der Waals surface area (Å²) < 4.78 is 24.1. The van der Waals surface area contributed by atoms with E-state index in [1.165, 1.54) is 6.07 Å². The van der Waals surface area contributed by atoms with E-state index in [4.69, 9.17) is 26.2 Å².